The molecule has 0 spiro atoms. The Hall–Kier alpha value is -3.10. The minimum atomic E-state index is -1.17. The monoisotopic (exact) mass is 315 g/mol. The number of rotatable bonds is 3. The molecule has 8 nitrogen and oxygen atoms in total. The molecule has 0 aliphatic heterocycles. The maximum Gasteiger partial charge on any atom is 0.338 e. The fraction of sp³-hybridized carbons (Fsp3) is 0.214. The largest absolute Gasteiger partial charge is 0.478 e. The van der Waals surface area contributed by atoms with Gasteiger partial charge in [-0.25, -0.2) is 18.5 Å². The van der Waals surface area contributed by atoms with Gasteiger partial charge in [0, 0.05) is 12.3 Å². The van der Waals surface area contributed by atoms with E-state index >= 15 is 0 Å². The van der Waals surface area contributed by atoms with Gasteiger partial charge in [0.1, 0.15) is 11.2 Å². The number of carboxylic acid groups (broad SMARTS) is 1. The fourth-order valence-corrected chi connectivity index (χ4v) is 2.36. The van der Waals surface area contributed by atoms with Crippen molar-refractivity contribution in [3.63, 3.8) is 0 Å². The SMILES string of the molecule is O=C(O)c1cnn(-c2cc3c(=O)n(C4CC4)nnc3cc2F)c1. The van der Waals surface area contributed by atoms with Gasteiger partial charge in [0.25, 0.3) is 5.56 Å². The van der Waals surface area contributed by atoms with E-state index in [2.05, 4.69) is 15.4 Å². The van der Waals surface area contributed by atoms with Crippen molar-refractivity contribution < 1.29 is 14.3 Å². The molecule has 2 heterocycles. The number of aromatic carboxylic acids is 1. The maximum atomic E-state index is 14.2. The average molecular weight is 315 g/mol. The lowest BCUT2D eigenvalue weighted by Gasteiger charge is -2.06. The van der Waals surface area contributed by atoms with Crippen molar-refractivity contribution in [3.05, 3.63) is 46.3 Å². The lowest BCUT2D eigenvalue weighted by atomic mass is 10.2. The Kier molecular flexibility index (Phi) is 2.77. The van der Waals surface area contributed by atoms with Gasteiger partial charge in [-0.3, -0.25) is 4.79 Å². The number of hydrogen-bond acceptors (Lipinski definition) is 5. The van der Waals surface area contributed by atoms with E-state index < -0.39 is 11.8 Å². The maximum absolute atomic E-state index is 14.2. The molecular weight excluding hydrogens is 305 g/mol. The van der Waals surface area contributed by atoms with E-state index in [1.165, 1.54) is 16.9 Å². The fourth-order valence-electron chi connectivity index (χ4n) is 2.36. The van der Waals surface area contributed by atoms with Gasteiger partial charge in [-0.1, -0.05) is 5.21 Å². The Balaban J connectivity index is 1.92. The lowest BCUT2D eigenvalue weighted by Crippen LogP contribution is -2.23. The van der Waals surface area contributed by atoms with E-state index in [0.29, 0.717) is 0 Å². The van der Waals surface area contributed by atoms with Crippen molar-refractivity contribution in [2.75, 3.05) is 0 Å². The molecule has 116 valence electrons. The third kappa shape index (κ3) is 2.17. The third-order valence-electron chi connectivity index (χ3n) is 3.72. The van der Waals surface area contributed by atoms with E-state index in [4.69, 9.17) is 5.11 Å². The van der Waals surface area contributed by atoms with Gasteiger partial charge in [-0.2, -0.15) is 5.10 Å². The van der Waals surface area contributed by atoms with Gasteiger partial charge in [-0.15, -0.1) is 5.10 Å². The van der Waals surface area contributed by atoms with Crippen LogP contribution in [0, 0.1) is 5.82 Å². The molecule has 1 saturated carbocycles. The smallest absolute Gasteiger partial charge is 0.338 e. The summed E-state index contributed by atoms with van der Waals surface area (Å²) in [6, 6.07) is 2.47. The van der Waals surface area contributed by atoms with Gasteiger partial charge in [0.15, 0.2) is 5.82 Å². The van der Waals surface area contributed by atoms with Crippen molar-refractivity contribution >= 4 is 16.9 Å². The summed E-state index contributed by atoms with van der Waals surface area (Å²) in [4.78, 5) is 23.3. The standard InChI is InChI=1S/C14H10FN5O3/c15-10-4-11-9(13(21)20(18-17-11)8-1-2-8)3-12(10)19-6-7(5-16-19)14(22)23/h3-6,8H,1-2H2,(H,22,23). The molecule has 1 aliphatic rings. The zero-order chi connectivity index (χ0) is 16.1. The highest BCUT2D eigenvalue weighted by Gasteiger charge is 2.27. The summed E-state index contributed by atoms with van der Waals surface area (Å²) in [5.74, 6) is -1.84. The second kappa shape index (κ2) is 4.70. The van der Waals surface area contributed by atoms with Crippen molar-refractivity contribution in [1.82, 2.24) is 24.8 Å². The van der Waals surface area contributed by atoms with Crippen molar-refractivity contribution in [3.8, 4) is 5.69 Å². The van der Waals surface area contributed by atoms with Crippen molar-refractivity contribution in [1.29, 1.82) is 0 Å². The van der Waals surface area contributed by atoms with Crippen LogP contribution in [0.15, 0.2) is 29.3 Å². The predicted octanol–water partition coefficient (Wildman–Crippen LogP) is 1.15. The molecule has 2 aromatic heterocycles. The number of halogens is 1. The minimum Gasteiger partial charge on any atom is -0.478 e. The number of fused-ring (bicyclic) bond motifs is 1. The summed E-state index contributed by atoms with van der Waals surface area (Å²) in [7, 11) is 0. The molecule has 0 saturated heterocycles. The van der Waals surface area contributed by atoms with Crippen LogP contribution in [0.2, 0.25) is 0 Å². The van der Waals surface area contributed by atoms with Gasteiger partial charge in [-0.05, 0) is 18.9 Å². The Morgan fingerprint density at radius 2 is 2.13 bits per heavy atom. The third-order valence-corrected chi connectivity index (χ3v) is 3.72. The second-order valence-electron chi connectivity index (χ2n) is 5.37. The number of carbonyl (C=O) groups is 1. The molecule has 1 aliphatic carbocycles. The molecule has 9 heteroatoms. The molecule has 1 N–H and O–H groups in total. The van der Waals surface area contributed by atoms with Crippen molar-refractivity contribution in [2.45, 2.75) is 18.9 Å². The van der Waals surface area contributed by atoms with Crippen LogP contribution in [0.1, 0.15) is 29.2 Å². The van der Waals surface area contributed by atoms with Crippen LogP contribution < -0.4 is 5.56 Å². The van der Waals surface area contributed by atoms with Crippen LogP contribution in [0.3, 0.4) is 0 Å². The van der Waals surface area contributed by atoms with Crippen LogP contribution in [0.25, 0.3) is 16.6 Å². The zero-order valence-corrected chi connectivity index (χ0v) is 11.7. The molecule has 23 heavy (non-hydrogen) atoms. The summed E-state index contributed by atoms with van der Waals surface area (Å²) >= 11 is 0. The van der Waals surface area contributed by atoms with E-state index in [1.54, 1.807) is 0 Å². The van der Waals surface area contributed by atoms with Crippen molar-refractivity contribution in [2.24, 2.45) is 0 Å². The molecule has 0 unspecified atom stereocenters. The first kappa shape index (κ1) is 13.6. The highest BCUT2D eigenvalue weighted by atomic mass is 19.1. The van der Waals surface area contributed by atoms with Crippen LogP contribution in [-0.4, -0.2) is 35.9 Å². The first-order valence-corrected chi connectivity index (χ1v) is 6.91. The molecule has 1 fully saturated rings. The Morgan fingerprint density at radius 3 is 2.78 bits per heavy atom. The van der Waals surface area contributed by atoms with E-state index in [1.807, 2.05) is 0 Å². The predicted molar refractivity (Wildman–Crippen MR) is 76.1 cm³/mol. The normalized spacial score (nSPS) is 14.3. The summed E-state index contributed by atoms with van der Waals surface area (Å²) in [6.07, 6.45) is 4.03. The minimum absolute atomic E-state index is 0.0163. The Labute approximate surface area is 127 Å². The van der Waals surface area contributed by atoms with Gasteiger partial charge >= 0.3 is 5.97 Å². The van der Waals surface area contributed by atoms with E-state index in [0.717, 1.165) is 29.8 Å². The molecule has 4 rings (SSSR count). The van der Waals surface area contributed by atoms with Gasteiger partial charge in [0.05, 0.1) is 23.2 Å². The quantitative estimate of drug-likeness (QED) is 0.777. The molecule has 0 radical (unpaired) electrons. The highest BCUT2D eigenvalue weighted by Crippen LogP contribution is 2.32. The summed E-state index contributed by atoms with van der Waals surface area (Å²) in [5.41, 5.74) is -0.284. The molecule has 0 amide bonds. The van der Waals surface area contributed by atoms with Crippen LogP contribution in [0.5, 0.6) is 0 Å². The molecule has 0 atom stereocenters. The molecule has 1 aromatic carbocycles. The summed E-state index contributed by atoms with van der Waals surface area (Å²) in [5, 5.41) is 20.7. The first-order chi connectivity index (χ1) is 11.0. The van der Waals surface area contributed by atoms with Crippen LogP contribution in [-0.2, 0) is 0 Å². The molecule has 3 aromatic rings. The van der Waals surface area contributed by atoms with E-state index in [-0.39, 0.29) is 33.8 Å². The van der Waals surface area contributed by atoms with E-state index in [9.17, 15) is 14.0 Å². The highest BCUT2D eigenvalue weighted by molar-refractivity contribution is 5.87. The topological polar surface area (TPSA) is 103 Å². The average Bonchev–Trinajstić information content (AvgIpc) is 3.23. The van der Waals surface area contributed by atoms with Crippen LogP contribution in [0.4, 0.5) is 4.39 Å². The first-order valence-electron chi connectivity index (χ1n) is 6.91. The molecule has 0 bridgehead atoms. The number of hydrogen-bond donors (Lipinski definition) is 1. The van der Waals surface area contributed by atoms with Gasteiger partial charge < -0.3 is 5.11 Å². The van der Waals surface area contributed by atoms with Crippen LogP contribution >= 0.6 is 0 Å². The number of carboxylic acids is 1. The van der Waals surface area contributed by atoms with Gasteiger partial charge in [0.2, 0.25) is 0 Å². The zero-order valence-electron chi connectivity index (χ0n) is 11.7. The Bertz CT molecular complexity index is 1010. The lowest BCUT2D eigenvalue weighted by molar-refractivity contribution is 0.0697. The second-order valence-corrected chi connectivity index (χ2v) is 5.37. The Morgan fingerprint density at radius 1 is 1.35 bits per heavy atom. The summed E-state index contributed by atoms with van der Waals surface area (Å²) < 4.78 is 16.6. The summed E-state index contributed by atoms with van der Waals surface area (Å²) in [6.45, 7) is 0. The molecular formula is C14H10FN5O3. The number of nitrogens with zero attached hydrogens (tertiary/aromatic N) is 5. The number of aromatic nitrogens is 5. The number of benzene rings is 1.